The smallest absolute Gasteiger partial charge is 0.225 e. The summed E-state index contributed by atoms with van der Waals surface area (Å²) in [5, 5.41) is 2.91. The fraction of sp³-hybridized carbons (Fsp3) is 0.846. The summed E-state index contributed by atoms with van der Waals surface area (Å²) < 4.78 is 0. The van der Waals surface area contributed by atoms with E-state index in [0.717, 1.165) is 13.1 Å². The van der Waals surface area contributed by atoms with Gasteiger partial charge in [-0.3, -0.25) is 9.59 Å². The standard InChI is InChI=1S/C13H25N3O2/c1-5-15(4)7-6-14-13(18)11-8-12(17)16(9-11)10(2)3/h10-11H,5-9H2,1-4H3,(H,14,18). The second-order valence-corrected chi connectivity index (χ2v) is 5.23. The third-order valence-corrected chi connectivity index (χ3v) is 3.49. The van der Waals surface area contributed by atoms with E-state index in [1.165, 1.54) is 0 Å². The van der Waals surface area contributed by atoms with Crippen molar-refractivity contribution in [2.75, 3.05) is 33.2 Å². The van der Waals surface area contributed by atoms with Crippen molar-refractivity contribution in [3.63, 3.8) is 0 Å². The molecule has 0 aromatic heterocycles. The van der Waals surface area contributed by atoms with Crippen molar-refractivity contribution in [1.29, 1.82) is 0 Å². The maximum atomic E-state index is 11.9. The van der Waals surface area contributed by atoms with E-state index in [0.29, 0.717) is 19.5 Å². The highest BCUT2D eigenvalue weighted by Gasteiger charge is 2.35. The van der Waals surface area contributed by atoms with Crippen molar-refractivity contribution in [3.05, 3.63) is 0 Å². The summed E-state index contributed by atoms with van der Waals surface area (Å²) in [6.07, 6.45) is 0.355. The van der Waals surface area contributed by atoms with Crippen molar-refractivity contribution in [1.82, 2.24) is 15.1 Å². The van der Waals surface area contributed by atoms with Gasteiger partial charge < -0.3 is 15.1 Å². The van der Waals surface area contributed by atoms with Gasteiger partial charge in [0.15, 0.2) is 0 Å². The third kappa shape index (κ3) is 3.98. The number of carbonyl (C=O) groups is 2. The van der Waals surface area contributed by atoms with Gasteiger partial charge in [0.05, 0.1) is 5.92 Å². The maximum absolute atomic E-state index is 11.9. The number of likely N-dealkylation sites (tertiary alicyclic amines) is 1. The molecule has 104 valence electrons. The van der Waals surface area contributed by atoms with Gasteiger partial charge >= 0.3 is 0 Å². The lowest BCUT2D eigenvalue weighted by Gasteiger charge is -2.21. The minimum atomic E-state index is -0.174. The first-order valence-electron chi connectivity index (χ1n) is 6.71. The summed E-state index contributed by atoms with van der Waals surface area (Å²) in [4.78, 5) is 27.5. The molecule has 5 heteroatoms. The zero-order valence-corrected chi connectivity index (χ0v) is 11.9. The highest BCUT2D eigenvalue weighted by molar-refractivity contribution is 5.89. The predicted octanol–water partition coefficient (Wildman–Crippen LogP) is 0.311. The van der Waals surface area contributed by atoms with Crippen LogP contribution in [0.15, 0.2) is 0 Å². The number of rotatable bonds is 6. The number of carbonyl (C=O) groups excluding carboxylic acids is 2. The molecule has 1 aliphatic rings. The molecule has 1 fully saturated rings. The van der Waals surface area contributed by atoms with E-state index in [-0.39, 0.29) is 23.8 Å². The van der Waals surface area contributed by atoms with E-state index >= 15 is 0 Å². The Morgan fingerprint density at radius 1 is 1.56 bits per heavy atom. The van der Waals surface area contributed by atoms with Crippen LogP contribution in [0.3, 0.4) is 0 Å². The van der Waals surface area contributed by atoms with Crippen LogP contribution in [0.2, 0.25) is 0 Å². The fourth-order valence-electron chi connectivity index (χ4n) is 2.08. The van der Waals surface area contributed by atoms with Crippen LogP contribution in [0.4, 0.5) is 0 Å². The number of nitrogens with zero attached hydrogens (tertiary/aromatic N) is 2. The lowest BCUT2D eigenvalue weighted by Crippen LogP contribution is -2.38. The van der Waals surface area contributed by atoms with Crippen molar-refractivity contribution < 1.29 is 9.59 Å². The van der Waals surface area contributed by atoms with Gasteiger partial charge in [0, 0.05) is 32.1 Å². The van der Waals surface area contributed by atoms with Gasteiger partial charge in [-0.15, -0.1) is 0 Å². The van der Waals surface area contributed by atoms with Gasteiger partial charge in [-0.2, -0.15) is 0 Å². The minimum Gasteiger partial charge on any atom is -0.355 e. The average Bonchev–Trinajstić information content (AvgIpc) is 2.71. The van der Waals surface area contributed by atoms with E-state index < -0.39 is 0 Å². The molecule has 1 N–H and O–H groups in total. The summed E-state index contributed by atoms with van der Waals surface area (Å²) in [5.74, 6) is -0.0707. The van der Waals surface area contributed by atoms with Gasteiger partial charge in [-0.1, -0.05) is 6.92 Å². The molecule has 0 radical (unpaired) electrons. The second-order valence-electron chi connectivity index (χ2n) is 5.23. The first-order valence-corrected chi connectivity index (χ1v) is 6.71. The molecule has 1 unspecified atom stereocenters. The Morgan fingerprint density at radius 3 is 2.72 bits per heavy atom. The first kappa shape index (κ1) is 15.0. The van der Waals surface area contributed by atoms with Crippen LogP contribution in [0, 0.1) is 5.92 Å². The quantitative estimate of drug-likeness (QED) is 0.743. The molecule has 0 saturated carbocycles. The van der Waals surface area contributed by atoms with Crippen LogP contribution >= 0.6 is 0 Å². The zero-order valence-electron chi connectivity index (χ0n) is 11.9. The summed E-state index contributed by atoms with van der Waals surface area (Å²) in [6, 6.07) is 0.182. The number of hydrogen-bond donors (Lipinski definition) is 1. The molecule has 2 amide bonds. The van der Waals surface area contributed by atoms with Crippen LogP contribution in [0.5, 0.6) is 0 Å². The topological polar surface area (TPSA) is 52.7 Å². The molecule has 1 atom stereocenters. The van der Waals surface area contributed by atoms with E-state index in [9.17, 15) is 9.59 Å². The number of hydrogen-bond acceptors (Lipinski definition) is 3. The molecule has 1 rings (SSSR count). The number of amides is 2. The van der Waals surface area contributed by atoms with E-state index in [2.05, 4.69) is 17.1 Å². The largest absolute Gasteiger partial charge is 0.355 e. The van der Waals surface area contributed by atoms with Gasteiger partial charge in [-0.05, 0) is 27.4 Å². The van der Waals surface area contributed by atoms with E-state index in [1.54, 1.807) is 4.90 Å². The Hall–Kier alpha value is -1.10. The van der Waals surface area contributed by atoms with Crippen LogP contribution in [-0.4, -0.2) is 60.9 Å². The Bertz CT molecular complexity index is 305. The molecule has 18 heavy (non-hydrogen) atoms. The van der Waals surface area contributed by atoms with Crippen molar-refractivity contribution in [2.24, 2.45) is 5.92 Å². The Balaban J connectivity index is 2.33. The lowest BCUT2D eigenvalue weighted by molar-refractivity contribution is -0.129. The summed E-state index contributed by atoms with van der Waals surface area (Å²) in [6.45, 7) is 9.07. The molecule has 0 aromatic carbocycles. The van der Waals surface area contributed by atoms with Gasteiger partial charge in [-0.25, -0.2) is 0 Å². The van der Waals surface area contributed by atoms with Crippen LogP contribution in [-0.2, 0) is 9.59 Å². The summed E-state index contributed by atoms with van der Waals surface area (Å²) in [5.41, 5.74) is 0. The fourth-order valence-corrected chi connectivity index (χ4v) is 2.08. The molecular formula is C13H25N3O2. The van der Waals surface area contributed by atoms with Gasteiger partial charge in [0.2, 0.25) is 11.8 Å². The monoisotopic (exact) mass is 255 g/mol. The Kier molecular flexibility index (Phi) is 5.59. The molecule has 0 aliphatic carbocycles. The van der Waals surface area contributed by atoms with Crippen LogP contribution in [0.25, 0.3) is 0 Å². The molecule has 1 aliphatic heterocycles. The highest BCUT2D eigenvalue weighted by atomic mass is 16.2. The molecule has 1 saturated heterocycles. The zero-order chi connectivity index (χ0) is 13.7. The summed E-state index contributed by atoms with van der Waals surface area (Å²) in [7, 11) is 2.02. The second kappa shape index (κ2) is 6.73. The molecule has 0 aromatic rings. The minimum absolute atomic E-state index is 0.0102. The lowest BCUT2D eigenvalue weighted by atomic mass is 10.1. The van der Waals surface area contributed by atoms with Crippen LogP contribution < -0.4 is 5.32 Å². The average molecular weight is 255 g/mol. The van der Waals surface area contributed by atoms with Gasteiger partial charge in [0.25, 0.3) is 0 Å². The van der Waals surface area contributed by atoms with Gasteiger partial charge in [0.1, 0.15) is 0 Å². The molecule has 5 nitrogen and oxygen atoms in total. The van der Waals surface area contributed by atoms with Crippen molar-refractivity contribution >= 4 is 11.8 Å². The Labute approximate surface area is 110 Å². The summed E-state index contributed by atoms with van der Waals surface area (Å²) >= 11 is 0. The molecule has 0 bridgehead atoms. The van der Waals surface area contributed by atoms with Crippen molar-refractivity contribution in [3.8, 4) is 0 Å². The van der Waals surface area contributed by atoms with E-state index in [1.807, 2.05) is 20.9 Å². The number of likely N-dealkylation sites (N-methyl/N-ethyl adjacent to an activating group) is 1. The molecule has 0 spiro atoms. The van der Waals surface area contributed by atoms with Crippen molar-refractivity contribution in [2.45, 2.75) is 33.2 Å². The SMILES string of the molecule is CCN(C)CCNC(=O)C1CC(=O)N(C(C)C)C1. The Morgan fingerprint density at radius 2 is 2.22 bits per heavy atom. The predicted molar refractivity (Wildman–Crippen MR) is 71.1 cm³/mol. The normalized spacial score (nSPS) is 20.0. The number of nitrogens with one attached hydrogen (secondary N) is 1. The molecular weight excluding hydrogens is 230 g/mol. The van der Waals surface area contributed by atoms with E-state index in [4.69, 9.17) is 0 Å². The third-order valence-electron chi connectivity index (χ3n) is 3.49. The first-order chi connectivity index (χ1) is 8.45. The molecule has 1 heterocycles. The highest BCUT2D eigenvalue weighted by Crippen LogP contribution is 2.19. The maximum Gasteiger partial charge on any atom is 0.225 e. The van der Waals surface area contributed by atoms with Crippen LogP contribution in [0.1, 0.15) is 27.2 Å².